The lowest BCUT2D eigenvalue weighted by Gasteiger charge is -2.26. The van der Waals surface area contributed by atoms with Gasteiger partial charge in [-0.3, -0.25) is 0 Å². The Hall–Kier alpha value is -1.43. The van der Waals surface area contributed by atoms with E-state index in [0.717, 1.165) is 33.9 Å². The van der Waals surface area contributed by atoms with Gasteiger partial charge in [0.2, 0.25) is 10.0 Å². The Balaban J connectivity index is 1.62. The number of morpholine rings is 1. The van der Waals surface area contributed by atoms with Gasteiger partial charge in [0.1, 0.15) is 0 Å². The van der Waals surface area contributed by atoms with Crippen LogP contribution in [0, 0.1) is 0 Å². The molecule has 0 N–H and O–H groups in total. The third kappa shape index (κ3) is 5.98. The van der Waals surface area contributed by atoms with Crippen molar-refractivity contribution < 1.29 is 17.9 Å². The highest BCUT2D eigenvalue weighted by atomic mass is 79.9. The van der Waals surface area contributed by atoms with E-state index in [0.29, 0.717) is 45.0 Å². The lowest BCUT2D eigenvalue weighted by atomic mass is 10.2. The van der Waals surface area contributed by atoms with E-state index in [1.54, 1.807) is 23.9 Å². The van der Waals surface area contributed by atoms with Crippen molar-refractivity contribution in [2.24, 2.45) is 0 Å². The molecule has 1 aliphatic heterocycles. The van der Waals surface area contributed by atoms with Gasteiger partial charge >= 0.3 is 0 Å². The zero-order chi connectivity index (χ0) is 23.3. The molecule has 2 heterocycles. The van der Waals surface area contributed by atoms with Crippen LogP contribution in [0.1, 0.15) is 18.9 Å². The number of fused-ring (bicyclic) bond motifs is 1. The summed E-state index contributed by atoms with van der Waals surface area (Å²) < 4.78 is 41.8. The summed E-state index contributed by atoms with van der Waals surface area (Å²) in [7, 11) is -3.57. The zero-order valence-corrected chi connectivity index (χ0v) is 21.8. The van der Waals surface area contributed by atoms with Crippen LogP contribution < -0.4 is 0 Å². The number of benzene rings is 2. The molecule has 10 heteroatoms. The van der Waals surface area contributed by atoms with Gasteiger partial charge in [-0.25, -0.2) is 13.4 Å². The first kappa shape index (κ1) is 24.7. The topological polar surface area (TPSA) is 73.7 Å². The van der Waals surface area contributed by atoms with Crippen LogP contribution in [0.3, 0.4) is 0 Å². The van der Waals surface area contributed by atoms with Crippen LogP contribution >= 0.6 is 27.7 Å². The second kappa shape index (κ2) is 11.3. The summed E-state index contributed by atoms with van der Waals surface area (Å²) in [5.74, 6) is 0.779. The van der Waals surface area contributed by atoms with E-state index < -0.39 is 10.0 Å². The normalized spacial score (nSPS) is 15.3. The lowest BCUT2D eigenvalue weighted by Crippen LogP contribution is -2.40. The van der Waals surface area contributed by atoms with Gasteiger partial charge in [-0.2, -0.15) is 4.31 Å². The number of hydrogen-bond donors (Lipinski definition) is 0. The van der Waals surface area contributed by atoms with E-state index in [4.69, 9.17) is 14.5 Å². The fourth-order valence-corrected chi connectivity index (χ4v) is 6.40. The SMILES string of the molecule is CCOCCCn1c(SCc2ccc(Br)cc2)nc2cc(S(=O)(=O)N3CCOCC3)ccc21. The Labute approximate surface area is 207 Å². The molecule has 0 spiro atoms. The molecule has 0 amide bonds. The van der Waals surface area contributed by atoms with Crippen molar-refractivity contribution in [3.8, 4) is 0 Å². The molecule has 3 aromatic rings. The quantitative estimate of drug-likeness (QED) is 0.271. The minimum Gasteiger partial charge on any atom is -0.382 e. The zero-order valence-electron chi connectivity index (χ0n) is 18.6. The molecule has 0 bridgehead atoms. The van der Waals surface area contributed by atoms with E-state index in [-0.39, 0.29) is 4.90 Å². The molecule has 33 heavy (non-hydrogen) atoms. The number of nitrogens with zero attached hydrogens (tertiary/aromatic N) is 3. The van der Waals surface area contributed by atoms with Gasteiger partial charge in [-0.15, -0.1) is 0 Å². The molecule has 0 unspecified atom stereocenters. The van der Waals surface area contributed by atoms with E-state index in [1.807, 2.05) is 25.1 Å². The summed E-state index contributed by atoms with van der Waals surface area (Å²) in [4.78, 5) is 5.11. The molecular weight excluding hydrogens is 526 g/mol. The highest BCUT2D eigenvalue weighted by Gasteiger charge is 2.27. The van der Waals surface area contributed by atoms with Gasteiger partial charge < -0.3 is 14.0 Å². The molecule has 2 aromatic carbocycles. The fraction of sp³-hybridized carbons (Fsp3) is 0.435. The molecular formula is C23H28BrN3O4S2. The summed E-state index contributed by atoms with van der Waals surface area (Å²) in [5, 5.41) is 0.880. The molecule has 0 saturated carbocycles. The molecule has 0 atom stereocenters. The summed E-state index contributed by atoms with van der Waals surface area (Å²) in [5.41, 5.74) is 2.83. The first-order valence-electron chi connectivity index (χ1n) is 11.0. The van der Waals surface area contributed by atoms with Gasteiger partial charge in [0.05, 0.1) is 29.1 Å². The second-order valence-corrected chi connectivity index (χ2v) is 11.5. The van der Waals surface area contributed by atoms with Crippen LogP contribution in [-0.4, -0.2) is 61.8 Å². The first-order valence-corrected chi connectivity index (χ1v) is 14.2. The molecule has 0 aliphatic carbocycles. The van der Waals surface area contributed by atoms with Crippen molar-refractivity contribution in [3.05, 3.63) is 52.5 Å². The largest absolute Gasteiger partial charge is 0.382 e. The minimum absolute atomic E-state index is 0.278. The average molecular weight is 555 g/mol. The van der Waals surface area contributed by atoms with Crippen LogP contribution in [0.25, 0.3) is 11.0 Å². The standard InChI is InChI=1S/C23H28BrN3O4S2/c1-2-30-13-3-10-27-22-9-8-20(33(28,29)26-11-14-31-15-12-26)16-21(22)25-23(27)32-17-18-4-6-19(24)7-5-18/h4-9,16H,2-3,10-15,17H2,1H3. The number of ether oxygens (including phenoxy) is 2. The third-order valence-corrected chi connectivity index (χ3v) is 8.92. The van der Waals surface area contributed by atoms with E-state index >= 15 is 0 Å². The summed E-state index contributed by atoms with van der Waals surface area (Å²) in [6.07, 6.45) is 0.860. The highest BCUT2D eigenvalue weighted by molar-refractivity contribution is 9.10. The number of aryl methyl sites for hydroxylation is 1. The van der Waals surface area contributed by atoms with Crippen LogP contribution in [0.4, 0.5) is 0 Å². The molecule has 0 radical (unpaired) electrons. The second-order valence-electron chi connectivity index (χ2n) is 7.68. The number of hydrogen-bond acceptors (Lipinski definition) is 6. The van der Waals surface area contributed by atoms with Gasteiger partial charge in [0, 0.05) is 43.1 Å². The number of sulfonamides is 1. The maximum absolute atomic E-state index is 13.1. The van der Waals surface area contributed by atoms with Crippen molar-refractivity contribution in [1.82, 2.24) is 13.9 Å². The molecule has 7 nitrogen and oxygen atoms in total. The van der Waals surface area contributed by atoms with E-state index in [9.17, 15) is 8.42 Å². The first-order chi connectivity index (χ1) is 16.0. The van der Waals surface area contributed by atoms with Crippen LogP contribution in [0.5, 0.6) is 0 Å². The van der Waals surface area contributed by atoms with E-state index in [2.05, 4.69) is 32.6 Å². The third-order valence-electron chi connectivity index (χ3n) is 5.45. The van der Waals surface area contributed by atoms with Gasteiger partial charge in [-0.05, 0) is 49.2 Å². The number of aromatic nitrogens is 2. The molecule has 178 valence electrons. The average Bonchev–Trinajstić information content (AvgIpc) is 3.18. The predicted molar refractivity (Wildman–Crippen MR) is 134 cm³/mol. The highest BCUT2D eigenvalue weighted by Crippen LogP contribution is 2.30. The Kier molecular flexibility index (Phi) is 8.48. The van der Waals surface area contributed by atoms with Crippen LogP contribution in [0.2, 0.25) is 0 Å². The van der Waals surface area contributed by atoms with Crippen LogP contribution in [-0.2, 0) is 31.8 Å². The Bertz CT molecular complexity index is 1180. The van der Waals surface area contributed by atoms with Crippen molar-refractivity contribution in [2.45, 2.75) is 35.7 Å². The van der Waals surface area contributed by atoms with Gasteiger partial charge in [-0.1, -0.05) is 39.8 Å². The van der Waals surface area contributed by atoms with Crippen molar-refractivity contribution in [1.29, 1.82) is 0 Å². The summed E-state index contributed by atoms with van der Waals surface area (Å²) in [6, 6.07) is 13.5. The van der Waals surface area contributed by atoms with Crippen molar-refractivity contribution in [3.63, 3.8) is 0 Å². The lowest BCUT2D eigenvalue weighted by molar-refractivity contribution is 0.0730. The van der Waals surface area contributed by atoms with Crippen molar-refractivity contribution >= 4 is 48.7 Å². The number of imidazole rings is 1. The monoisotopic (exact) mass is 553 g/mol. The minimum atomic E-state index is -3.57. The Morgan fingerprint density at radius 1 is 1.15 bits per heavy atom. The maximum Gasteiger partial charge on any atom is 0.243 e. The fourth-order valence-electron chi connectivity index (χ4n) is 3.71. The van der Waals surface area contributed by atoms with E-state index in [1.165, 1.54) is 9.87 Å². The smallest absolute Gasteiger partial charge is 0.243 e. The van der Waals surface area contributed by atoms with Gasteiger partial charge in [0.15, 0.2) is 5.16 Å². The molecule has 1 saturated heterocycles. The summed E-state index contributed by atoms with van der Waals surface area (Å²) in [6.45, 7) is 5.72. The number of thioether (sulfide) groups is 1. The molecule has 1 aliphatic rings. The van der Waals surface area contributed by atoms with Crippen LogP contribution in [0.15, 0.2) is 57.0 Å². The number of rotatable bonds is 10. The summed E-state index contributed by atoms with van der Waals surface area (Å²) >= 11 is 5.13. The predicted octanol–water partition coefficient (Wildman–Crippen LogP) is 4.54. The Morgan fingerprint density at radius 2 is 1.91 bits per heavy atom. The Morgan fingerprint density at radius 3 is 2.64 bits per heavy atom. The molecule has 1 fully saturated rings. The number of halogens is 1. The molecule has 1 aromatic heterocycles. The van der Waals surface area contributed by atoms with Gasteiger partial charge in [0.25, 0.3) is 0 Å². The van der Waals surface area contributed by atoms with Crippen molar-refractivity contribution in [2.75, 3.05) is 39.5 Å². The molecule has 4 rings (SSSR count). The maximum atomic E-state index is 13.1.